The Balaban J connectivity index is 1.07. The van der Waals surface area contributed by atoms with Crippen molar-refractivity contribution in [2.45, 2.75) is 0 Å². The van der Waals surface area contributed by atoms with Crippen LogP contribution in [0.25, 0.3) is 88.6 Å². The molecular formula is C53H34N2O2. The minimum Gasteiger partial charge on any atom is -0.456 e. The molecule has 268 valence electrons. The minimum atomic E-state index is 0.594. The van der Waals surface area contributed by atoms with Crippen LogP contribution in [0.1, 0.15) is 0 Å². The molecule has 0 saturated carbocycles. The SMILES string of the molecule is c1ccc(-c2nc3cc4c(cc3o2)oc2cccc(-c3ccc(N(c5ccccc5)c5ccc(-c6cccc7ccccc67)cc5)c(-c5ccccc5)c3)c24)cc1. The van der Waals surface area contributed by atoms with Gasteiger partial charge in [0.1, 0.15) is 16.7 Å². The van der Waals surface area contributed by atoms with Crippen LogP contribution < -0.4 is 4.90 Å². The van der Waals surface area contributed by atoms with Gasteiger partial charge in [-0.05, 0) is 99.3 Å². The van der Waals surface area contributed by atoms with Gasteiger partial charge in [0.15, 0.2) is 5.58 Å². The van der Waals surface area contributed by atoms with Gasteiger partial charge in [-0.2, -0.15) is 0 Å². The van der Waals surface area contributed by atoms with Gasteiger partial charge in [-0.1, -0.05) is 140 Å². The number of anilines is 3. The maximum Gasteiger partial charge on any atom is 0.227 e. The first-order valence-electron chi connectivity index (χ1n) is 19.2. The highest BCUT2D eigenvalue weighted by Gasteiger charge is 2.21. The van der Waals surface area contributed by atoms with E-state index in [-0.39, 0.29) is 0 Å². The highest BCUT2D eigenvalue weighted by Crippen LogP contribution is 2.45. The maximum absolute atomic E-state index is 6.50. The lowest BCUT2D eigenvalue weighted by atomic mass is 9.93. The van der Waals surface area contributed by atoms with E-state index in [1.54, 1.807) is 0 Å². The number of nitrogens with zero attached hydrogens (tertiary/aromatic N) is 2. The van der Waals surface area contributed by atoms with Crippen molar-refractivity contribution in [2.24, 2.45) is 0 Å². The standard InChI is InChI=1S/C53H34N2O2/c1-4-14-36(15-5-1)45-32-39(44-24-13-25-49-52(44)46-33-47-51(34-50(46)56-49)57-53(54-47)38-17-6-2-7-18-38)28-31-48(45)55(40-20-8-3-9-21-40)41-29-26-37(27-30-41)43-23-12-19-35-16-10-11-22-42(35)43/h1-34H. The fourth-order valence-corrected chi connectivity index (χ4v) is 8.21. The molecule has 2 aromatic heterocycles. The zero-order valence-electron chi connectivity index (χ0n) is 30.8. The van der Waals surface area contributed by atoms with E-state index in [4.69, 9.17) is 13.8 Å². The fourth-order valence-electron chi connectivity index (χ4n) is 8.21. The molecule has 0 bridgehead atoms. The molecule has 2 heterocycles. The summed E-state index contributed by atoms with van der Waals surface area (Å²) in [5.41, 5.74) is 14.1. The van der Waals surface area contributed by atoms with Crippen LogP contribution in [0.2, 0.25) is 0 Å². The average molecular weight is 731 g/mol. The summed E-state index contributed by atoms with van der Waals surface area (Å²) in [6, 6.07) is 72.5. The molecule has 4 heteroatoms. The summed E-state index contributed by atoms with van der Waals surface area (Å²) < 4.78 is 12.7. The van der Waals surface area contributed by atoms with Crippen LogP contribution in [0.4, 0.5) is 17.1 Å². The zero-order chi connectivity index (χ0) is 37.7. The quantitative estimate of drug-likeness (QED) is 0.164. The van der Waals surface area contributed by atoms with E-state index in [1.807, 2.05) is 42.5 Å². The van der Waals surface area contributed by atoms with Crippen molar-refractivity contribution in [3.05, 3.63) is 206 Å². The average Bonchev–Trinajstić information content (AvgIpc) is 3.87. The van der Waals surface area contributed by atoms with E-state index in [0.29, 0.717) is 11.5 Å². The largest absolute Gasteiger partial charge is 0.456 e. The third-order valence-electron chi connectivity index (χ3n) is 10.9. The number of hydrogen-bond acceptors (Lipinski definition) is 4. The van der Waals surface area contributed by atoms with E-state index >= 15 is 0 Å². The van der Waals surface area contributed by atoms with E-state index in [2.05, 4.69) is 169 Å². The van der Waals surface area contributed by atoms with E-state index in [0.717, 1.165) is 72.3 Å². The monoisotopic (exact) mass is 730 g/mol. The number of para-hydroxylation sites is 1. The third-order valence-corrected chi connectivity index (χ3v) is 10.9. The molecule has 0 amide bonds. The molecule has 0 aliphatic heterocycles. The molecule has 0 N–H and O–H groups in total. The Morgan fingerprint density at radius 3 is 1.81 bits per heavy atom. The van der Waals surface area contributed by atoms with Crippen molar-refractivity contribution in [1.29, 1.82) is 0 Å². The molecule has 0 aliphatic carbocycles. The van der Waals surface area contributed by atoms with Gasteiger partial charge in [0.05, 0.1) is 5.69 Å². The number of hydrogen-bond donors (Lipinski definition) is 0. The second-order valence-corrected chi connectivity index (χ2v) is 14.3. The summed E-state index contributed by atoms with van der Waals surface area (Å²) >= 11 is 0. The summed E-state index contributed by atoms with van der Waals surface area (Å²) in [6.07, 6.45) is 0. The second kappa shape index (κ2) is 13.6. The Labute approximate surface area is 329 Å². The third kappa shape index (κ3) is 5.74. The Kier molecular flexibility index (Phi) is 7.78. The van der Waals surface area contributed by atoms with Crippen LogP contribution in [0, 0.1) is 0 Å². The van der Waals surface area contributed by atoms with Gasteiger partial charge in [0.25, 0.3) is 0 Å². The minimum absolute atomic E-state index is 0.594. The summed E-state index contributed by atoms with van der Waals surface area (Å²) in [7, 11) is 0. The van der Waals surface area contributed by atoms with Gasteiger partial charge in [-0.25, -0.2) is 4.98 Å². The first kappa shape index (κ1) is 32.7. The van der Waals surface area contributed by atoms with Crippen molar-refractivity contribution >= 4 is 60.9 Å². The van der Waals surface area contributed by atoms with Crippen LogP contribution in [0.15, 0.2) is 215 Å². The Bertz CT molecular complexity index is 3220. The van der Waals surface area contributed by atoms with Crippen molar-refractivity contribution < 1.29 is 8.83 Å². The normalized spacial score (nSPS) is 11.5. The molecule has 0 saturated heterocycles. The van der Waals surface area contributed by atoms with Crippen molar-refractivity contribution in [2.75, 3.05) is 4.90 Å². The van der Waals surface area contributed by atoms with Crippen LogP contribution in [-0.2, 0) is 0 Å². The number of fused-ring (bicyclic) bond motifs is 5. The lowest BCUT2D eigenvalue weighted by molar-refractivity contribution is 0.617. The molecule has 0 radical (unpaired) electrons. The van der Waals surface area contributed by atoms with Crippen LogP contribution >= 0.6 is 0 Å². The highest BCUT2D eigenvalue weighted by atomic mass is 16.4. The molecule has 11 aromatic rings. The first-order valence-corrected chi connectivity index (χ1v) is 19.2. The molecule has 57 heavy (non-hydrogen) atoms. The van der Waals surface area contributed by atoms with Crippen molar-refractivity contribution in [1.82, 2.24) is 4.98 Å². The predicted octanol–water partition coefficient (Wildman–Crippen LogP) is 15.0. The van der Waals surface area contributed by atoms with Crippen LogP contribution in [-0.4, -0.2) is 4.98 Å². The Hall–Kier alpha value is -7.69. The second-order valence-electron chi connectivity index (χ2n) is 14.3. The number of oxazole rings is 1. The van der Waals surface area contributed by atoms with Gasteiger partial charge < -0.3 is 13.7 Å². The molecule has 0 aliphatic rings. The molecule has 9 aromatic carbocycles. The Morgan fingerprint density at radius 2 is 1.00 bits per heavy atom. The first-order chi connectivity index (χ1) is 28.2. The number of furan rings is 1. The van der Waals surface area contributed by atoms with Gasteiger partial charge in [-0.15, -0.1) is 0 Å². The fraction of sp³-hybridized carbons (Fsp3) is 0. The summed E-state index contributed by atoms with van der Waals surface area (Å²) in [5.74, 6) is 0.594. The predicted molar refractivity (Wildman–Crippen MR) is 235 cm³/mol. The van der Waals surface area contributed by atoms with Gasteiger partial charge >= 0.3 is 0 Å². The summed E-state index contributed by atoms with van der Waals surface area (Å²) in [5, 5.41) is 4.54. The summed E-state index contributed by atoms with van der Waals surface area (Å²) in [4.78, 5) is 7.25. The van der Waals surface area contributed by atoms with Crippen LogP contribution in [0.5, 0.6) is 0 Å². The zero-order valence-corrected chi connectivity index (χ0v) is 30.8. The molecular weight excluding hydrogens is 697 g/mol. The molecule has 11 rings (SSSR count). The lowest BCUT2D eigenvalue weighted by Crippen LogP contribution is -2.11. The van der Waals surface area contributed by atoms with E-state index in [9.17, 15) is 0 Å². The van der Waals surface area contributed by atoms with Crippen molar-refractivity contribution in [3.63, 3.8) is 0 Å². The molecule has 0 fully saturated rings. The molecule has 4 nitrogen and oxygen atoms in total. The highest BCUT2D eigenvalue weighted by molar-refractivity contribution is 6.15. The lowest BCUT2D eigenvalue weighted by Gasteiger charge is -2.28. The topological polar surface area (TPSA) is 42.4 Å². The van der Waals surface area contributed by atoms with E-state index < -0.39 is 0 Å². The van der Waals surface area contributed by atoms with Gasteiger partial charge in [0, 0.05) is 39.3 Å². The molecule has 0 unspecified atom stereocenters. The van der Waals surface area contributed by atoms with Crippen LogP contribution in [0.3, 0.4) is 0 Å². The summed E-state index contributed by atoms with van der Waals surface area (Å²) in [6.45, 7) is 0. The smallest absolute Gasteiger partial charge is 0.227 e. The maximum atomic E-state index is 6.50. The Morgan fingerprint density at radius 1 is 0.368 bits per heavy atom. The number of benzene rings is 9. The number of aromatic nitrogens is 1. The molecule has 0 atom stereocenters. The van der Waals surface area contributed by atoms with E-state index in [1.165, 1.54) is 21.9 Å². The van der Waals surface area contributed by atoms with Gasteiger partial charge in [-0.3, -0.25) is 0 Å². The number of rotatable bonds is 7. The van der Waals surface area contributed by atoms with Crippen molar-refractivity contribution in [3.8, 4) is 44.8 Å². The molecule has 0 spiro atoms. The van der Waals surface area contributed by atoms with Gasteiger partial charge in [0.2, 0.25) is 5.89 Å².